The average molecular weight is 468 g/mol. The van der Waals surface area contributed by atoms with E-state index in [0.29, 0.717) is 16.6 Å². The van der Waals surface area contributed by atoms with E-state index in [0.717, 1.165) is 60.3 Å². The Morgan fingerprint density at radius 1 is 1.03 bits per heavy atom. The maximum absolute atomic E-state index is 13.0. The third-order valence-electron chi connectivity index (χ3n) is 6.44. The summed E-state index contributed by atoms with van der Waals surface area (Å²) in [5.74, 6) is 0.927. The Balaban J connectivity index is 1.21. The van der Waals surface area contributed by atoms with Crippen LogP contribution < -0.4 is 20.4 Å². The molecule has 8 heteroatoms. The van der Waals surface area contributed by atoms with Crippen LogP contribution in [0.1, 0.15) is 28.9 Å². The van der Waals surface area contributed by atoms with Crippen molar-refractivity contribution in [3.63, 3.8) is 0 Å². The topological polar surface area (TPSA) is 52.5 Å². The highest BCUT2D eigenvalue weighted by Crippen LogP contribution is 2.54. The van der Waals surface area contributed by atoms with Crippen LogP contribution in [0.3, 0.4) is 0 Å². The lowest BCUT2D eigenvalue weighted by atomic mass is 10.1. The standard InChI is InChI=1S/C24H23Cl2N5O/c25-16-6-7-19(26)15(12-16)14-30-11-8-27-23-21(30)20-22(31(20)23)24(32)28-17-4-3-5-18(13-17)29-9-1-2-10-29/h3-7,12-13,27H,1-2,8-11,14H2,(H,28,32). The van der Waals surface area contributed by atoms with Crippen molar-refractivity contribution in [2.24, 2.45) is 0 Å². The summed E-state index contributed by atoms with van der Waals surface area (Å²) < 4.78 is 2.00. The van der Waals surface area contributed by atoms with Gasteiger partial charge in [0.25, 0.3) is 5.91 Å². The second-order valence-corrected chi connectivity index (χ2v) is 9.36. The molecule has 2 N–H and O–H groups in total. The van der Waals surface area contributed by atoms with E-state index in [1.165, 1.54) is 18.5 Å². The fourth-order valence-electron chi connectivity index (χ4n) is 4.84. The number of halogens is 2. The van der Waals surface area contributed by atoms with E-state index in [1.54, 1.807) is 6.07 Å². The van der Waals surface area contributed by atoms with Gasteiger partial charge in [0.1, 0.15) is 22.9 Å². The van der Waals surface area contributed by atoms with Gasteiger partial charge < -0.3 is 20.4 Å². The number of rotatable bonds is 5. The molecule has 1 amide bonds. The predicted octanol–water partition coefficient (Wildman–Crippen LogP) is 5.38. The lowest BCUT2D eigenvalue weighted by Gasteiger charge is -2.34. The number of fused-ring (bicyclic) bond motifs is 4. The molecule has 6 nitrogen and oxygen atoms in total. The average Bonchev–Trinajstić information content (AvgIpc) is 3.13. The number of carbonyl (C=O) groups is 1. The lowest BCUT2D eigenvalue weighted by Crippen LogP contribution is -2.36. The molecule has 2 aromatic carbocycles. The molecule has 32 heavy (non-hydrogen) atoms. The molecule has 6 rings (SSSR count). The normalized spacial score (nSPS) is 16.1. The maximum atomic E-state index is 13.0. The SMILES string of the molecule is O=C(Nc1cccc(N2CCCC2)c1)c1c2c3c(n1-2)NCCN3Cc1cc(Cl)ccc1Cl. The highest BCUT2D eigenvalue weighted by molar-refractivity contribution is 6.33. The first-order valence-corrected chi connectivity index (χ1v) is 11.7. The zero-order valence-electron chi connectivity index (χ0n) is 17.5. The Kier molecular flexibility index (Phi) is 4.73. The van der Waals surface area contributed by atoms with Crippen LogP contribution in [0.5, 0.6) is 0 Å². The number of nitrogens with zero attached hydrogens (tertiary/aromatic N) is 3. The van der Waals surface area contributed by atoms with Crippen molar-refractivity contribution in [1.82, 2.24) is 4.57 Å². The molecule has 0 bridgehead atoms. The molecule has 0 unspecified atom stereocenters. The van der Waals surface area contributed by atoms with Crippen LogP contribution in [0.2, 0.25) is 10.0 Å². The van der Waals surface area contributed by atoms with E-state index in [4.69, 9.17) is 23.2 Å². The molecular weight excluding hydrogens is 445 g/mol. The van der Waals surface area contributed by atoms with Gasteiger partial charge in [-0.3, -0.25) is 9.36 Å². The van der Waals surface area contributed by atoms with Gasteiger partial charge in [-0.15, -0.1) is 0 Å². The first-order valence-electron chi connectivity index (χ1n) is 11.0. The Hall–Kier alpha value is -2.83. The quantitative estimate of drug-likeness (QED) is 0.413. The van der Waals surface area contributed by atoms with Gasteiger partial charge in [-0.2, -0.15) is 0 Å². The minimum Gasteiger partial charge on any atom is -0.371 e. The molecular formula is C24H23Cl2N5O. The molecule has 0 atom stereocenters. The van der Waals surface area contributed by atoms with Gasteiger partial charge in [0.05, 0.1) is 0 Å². The third-order valence-corrected chi connectivity index (χ3v) is 7.05. The van der Waals surface area contributed by atoms with Crippen molar-refractivity contribution < 1.29 is 4.79 Å². The zero-order valence-corrected chi connectivity index (χ0v) is 19.0. The summed E-state index contributed by atoms with van der Waals surface area (Å²) in [5, 5.41) is 7.88. The van der Waals surface area contributed by atoms with Crippen LogP contribution in [0.4, 0.5) is 22.9 Å². The van der Waals surface area contributed by atoms with Gasteiger partial charge >= 0.3 is 0 Å². The molecule has 0 radical (unpaired) electrons. The van der Waals surface area contributed by atoms with E-state index < -0.39 is 0 Å². The lowest BCUT2D eigenvalue weighted by molar-refractivity contribution is 0.102. The van der Waals surface area contributed by atoms with Crippen molar-refractivity contribution in [2.45, 2.75) is 19.4 Å². The summed E-state index contributed by atoms with van der Waals surface area (Å²) >= 11 is 12.6. The molecule has 0 aromatic heterocycles. The maximum Gasteiger partial charge on any atom is 0.274 e. The highest BCUT2D eigenvalue weighted by atomic mass is 35.5. The van der Waals surface area contributed by atoms with Crippen LogP contribution in [0.15, 0.2) is 42.5 Å². The molecule has 2 aromatic rings. The molecule has 0 spiro atoms. The van der Waals surface area contributed by atoms with Crippen molar-refractivity contribution in [3.05, 3.63) is 63.8 Å². The van der Waals surface area contributed by atoms with E-state index >= 15 is 0 Å². The number of carbonyl (C=O) groups excluding carboxylic acids is 1. The number of anilines is 4. The van der Waals surface area contributed by atoms with E-state index in [1.807, 2.05) is 28.8 Å². The van der Waals surface area contributed by atoms with Crippen molar-refractivity contribution in [3.8, 4) is 5.69 Å². The first kappa shape index (κ1) is 19.8. The molecule has 0 aliphatic carbocycles. The van der Waals surface area contributed by atoms with Gasteiger partial charge in [-0.25, -0.2) is 0 Å². The van der Waals surface area contributed by atoms with E-state index in [9.17, 15) is 4.79 Å². The van der Waals surface area contributed by atoms with Crippen molar-refractivity contribution >= 4 is 52.0 Å². The Morgan fingerprint density at radius 3 is 2.72 bits per heavy atom. The minimum atomic E-state index is -0.0736. The number of amides is 1. The number of nitrogens with one attached hydrogen (secondary N) is 2. The fraction of sp³-hybridized carbons (Fsp3) is 0.292. The molecule has 164 valence electrons. The monoisotopic (exact) mass is 467 g/mol. The van der Waals surface area contributed by atoms with Crippen LogP contribution in [-0.4, -0.2) is 36.7 Å². The number of benzene rings is 2. The molecule has 1 saturated heterocycles. The Morgan fingerprint density at radius 2 is 1.88 bits per heavy atom. The van der Waals surface area contributed by atoms with Crippen molar-refractivity contribution in [2.75, 3.05) is 46.6 Å². The molecule has 0 saturated carbocycles. The third kappa shape index (κ3) is 3.29. The number of hydrogen-bond donors (Lipinski definition) is 2. The summed E-state index contributed by atoms with van der Waals surface area (Å²) in [4.78, 5) is 17.7. The Labute approximate surface area is 196 Å². The highest BCUT2D eigenvalue weighted by Gasteiger charge is 2.45. The van der Waals surface area contributed by atoms with Crippen LogP contribution in [0, 0.1) is 0 Å². The van der Waals surface area contributed by atoms with Crippen LogP contribution >= 0.6 is 23.2 Å². The van der Waals surface area contributed by atoms with Crippen LogP contribution in [-0.2, 0) is 6.54 Å². The van der Waals surface area contributed by atoms with Gasteiger partial charge in [-0.1, -0.05) is 29.3 Å². The summed E-state index contributed by atoms with van der Waals surface area (Å²) in [6, 6.07) is 13.7. The second-order valence-electron chi connectivity index (χ2n) is 8.51. The number of aromatic nitrogens is 1. The smallest absolute Gasteiger partial charge is 0.274 e. The molecule has 1 fully saturated rings. The fourth-order valence-corrected chi connectivity index (χ4v) is 5.21. The largest absolute Gasteiger partial charge is 0.371 e. The minimum absolute atomic E-state index is 0.0736. The van der Waals surface area contributed by atoms with Gasteiger partial charge in [0, 0.05) is 54.1 Å². The Bertz CT molecular complexity index is 1230. The predicted molar refractivity (Wildman–Crippen MR) is 131 cm³/mol. The van der Waals surface area contributed by atoms with Gasteiger partial charge in [-0.05, 0) is 54.8 Å². The molecule has 4 aliphatic heterocycles. The summed E-state index contributed by atoms with van der Waals surface area (Å²) in [7, 11) is 0. The van der Waals surface area contributed by atoms with E-state index in [2.05, 4.69) is 32.6 Å². The summed E-state index contributed by atoms with van der Waals surface area (Å²) in [5.41, 5.74) is 5.78. The van der Waals surface area contributed by atoms with E-state index in [-0.39, 0.29) is 5.91 Å². The first-order chi connectivity index (χ1) is 15.6. The molecule has 4 heterocycles. The van der Waals surface area contributed by atoms with Crippen molar-refractivity contribution in [1.29, 1.82) is 0 Å². The van der Waals surface area contributed by atoms with Gasteiger partial charge in [0.15, 0.2) is 0 Å². The molecule has 4 aliphatic rings. The van der Waals surface area contributed by atoms with Gasteiger partial charge in [0.2, 0.25) is 0 Å². The summed E-state index contributed by atoms with van der Waals surface area (Å²) in [6.45, 7) is 4.47. The van der Waals surface area contributed by atoms with Crippen LogP contribution in [0.25, 0.3) is 5.69 Å². The number of hydrogen-bond acceptors (Lipinski definition) is 4. The second kappa shape index (κ2) is 7.64. The summed E-state index contributed by atoms with van der Waals surface area (Å²) in [6.07, 6.45) is 2.45. The zero-order chi connectivity index (χ0) is 21.8.